The fourth-order valence-electron chi connectivity index (χ4n) is 23.3. The highest BCUT2D eigenvalue weighted by Gasteiger charge is 2.66. The maximum Gasteiger partial charge on any atom is 0.204 e. The van der Waals surface area contributed by atoms with E-state index in [9.17, 15) is 0 Å². The first kappa shape index (κ1) is 68.5. The average molecular weight is 1350 g/mol. The molecule has 6 aliphatic carbocycles. The summed E-state index contributed by atoms with van der Waals surface area (Å²) in [6.45, 7) is 51.9. The Bertz CT molecular complexity index is 3270. The molecule has 6 fully saturated rings. The fraction of sp³-hybridized carbons (Fsp3) is 0.733. The van der Waals surface area contributed by atoms with Crippen molar-refractivity contribution in [2.45, 2.75) is 385 Å². The molecule has 99 heavy (non-hydrogen) atoms. The minimum Gasteiger partial charge on any atom is -0.482 e. The molecule has 0 bridgehead atoms. The van der Waals surface area contributed by atoms with Crippen LogP contribution in [0.3, 0.4) is 0 Å². The Morgan fingerprint density at radius 3 is 0.545 bits per heavy atom. The molecule has 0 N–H and O–H groups in total. The summed E-state index contributed by atoms with van der Waals surface area (Å²) in [6.07, 6.45) is 26.1. The summed E-state index contributed by atoms with van der Waals surface area (Å²) in [5, 5.41) is 0. The molecule has 6 spiro atoms. The van der Waals surface area contributed by atoms with E-state index in [0.29, 0.717) is 55.3 Å². The van der Waals surface area contributed by atoms with Gasteiger partial charge >= 0.3 is 0 Å². The summed E-state index contributed by atoms with van der Waals surface area (Å²) < 4.78 is 69.7. The Morgan fingerprint density at radius 1 is 0.263 bits per heavy atom. The molecule has 16 rings (SSSR count). The molecule has 6 heterocycles. The van der Waals surface area contributed by atoms with Crippen molar-refractivity contribution in [2.75, 3.05) is 0 Å². The molecule has 4 aromatic rings. The van der Waals surface area contributed by atoms with Gasteiger partial charge in [0.15, 0.2) is 34.5 Å². The Kier molecular flexibility index (Phi) is 15.6. The molecule has 4 aromatic carbocycles. The van der Waals surface area contributed by atoms with Gasteiger partial charge in [-0.25, -0.2) is 0 Å². The lowest BCUT2D eigenvalue weighted by atomic mass is 9.61. The van der Waals surface area contributed by atoms with Crippen LogP contribution in [-0.4, -0.2) is 33.6 Å². The highest BCUT2D eigenvalue weighted by atomic mass is 16.6. The molecule has 9 nitrogen and oxygen atoms in total. The second kappa shape index (κ2) is 22.5. The van der Waals surface area contributed by atoms with Crippen molar-refractivity contribution < 1.29 is 42.6 Å². The fourth-order valence-corrected chi connectivity index (χ4v) is 23.3. The van der Waals surface area contributed by atoms with E-state index in [1.54, 1.807) is 0 Å². The van der Waals surface area contributed by atoms with Crippen molar-refractivity contribution in [3.05, 3.63) is 85.0 Å². The van der Waals surface area contributed by atoms with Crippen molar-refractivity contribution in [1.29, 1.82) is 0 Å². The first-order valence-electron chi connectivity index (χ1n) is 40.3. The summed E-state index contributed by atoms with van der Waals surface area (Å²) >= 11 is 0. The first-order valence-corrected chi connectivity index (χ1v) is 40.3. The molecule has 540 valence electrons. The van der Waals surface area contributed by atoms with Crippen LogP contribution in [-0.2, 0) is 52.3 Å². The molecule has 9 heteroatoms. The minimum atomic E-state index is -0.332. The molecule has 12 aliphatic rings. The molecule has 6 saturated carbocycles. The van der Waals surface area contributed by atoms with Crippen LogP contribution in [0.2, 0.25) is 0 Å². The first-order chi connectivity index (χ1) is 46.5. The number of rotatable bonds is 9. The summed E-state index contributed by atoms with van der Waals surface area (Å²) in [5.41, 5.74) is 11.0. The van der Waals surface area contributed by atoms with Gasteiger partial charge in [-0.15, -0.1) is 0 Å². The summed E-state index contributed by atoms with van der Waals surface area (Å²) in [6, 6.07) is 7.55. The van der Waals surface area contributed by atoms with Crippen LogP contribution in [0.15, 0.2) is 18.2 Å². The Balaban J connectivity index is 0.848. The van der Waals surface area contributed by atoms with Gasteiger partial charge in [-0.1, -0.05) is 125 Å². The third kappa shape index (κ3) is 9.43. The Hall–Kier alpha value is -4.92. The lowest BCUT2D eigenvalue weighted by molar-refractivity contribution is -0.0216. The smallest absolute Gasteiger partial charge is 0.204 e. The lowest BCUT2D eigenvalue weighted by Gasteiger charge is -2.45. The monoisotopic (exact) mass is 1350 g/mol. The van der Waals surface area contributed by atoms with Gasteiger partial charge in [0.25, 0.3) is 0 Å². The molecule has 6 aliphatic heterocycles. The zero-order chi connectivity index (χ0) is 70.2. The van der Waals surface area contributed by atoms with E-state index >= 15 is 0 Å². The summed E-state index contributed by atoms with van der Waals surface area (Å²) in [7, 11) is 0. The van der Waals surface area contributed by atoms with Gasteiger partial charge in [-0.3, -0.25) is 0 Å². The van der Waals surface area contributed by atoms with E-state index in [0.717, 1.165) is 239 Å². The van der Waals surface area contributed by atoms with E-state index in [-0.39, 0.29) is 66.1 Å². The van der Waals surface area contributed by atoms with Gasteiger partial charge in [0, 0.05) is 65.9 Å². The molecule has 0 amide bonds. The minimum absolute atomic E-state index is 0.243. The second-order valence-electron chi connectivity index (χ2n) is 39.5. The number of fused-ring (bicyclic) bond motifs is 6. The SMILES string of the molecule is Cc1c(COc2c3c(cc4c2OC2(CCC(C)CC2)C4(C)C)C(C)(C)C2(CCC(C)CC2)O3)c(C)c(COc2c3c(cc4c2OC2(CCC(C)CC2)C4(C)C)C(C)(C)C2(CCC(C)CC2)O3)c(C)c1COc1c2c(cc3c1OC1(CCC(C)CC1)C3(C)C)C(C)(C)C1(CCC(C)CC1)O2. The van der Waals surface area contributed by atoms with Crippen molar-refractivity contribution in [3.8, 4) is 51.7 Å². The van der Waals surface area contributed by atoms with Gasteiger partial charge in [0.1, 0.15) is 53.4 Å². The normalized spacial score (nSPS) is 36.1. The van der Waals surface area contributed by atoms with Crippen molar-refractivity contribution in [2.24, 2.45) is 35.5 Å². The van der Waals surface area contributed by atoms with Crippen LogP contribution in [0.25, 0.3) is 0 Å². The topological polar surface area (TPSA) is 83.1 Å². The van der Waals surface area contributed by atoms with E-state index in [4.69, 9.17) is 42.6 Å². The zero-order valence-corrected chi connectivity index (χ0v) is 65.5. The Labute approximate surface area is 597 Å². The molecule has 0 saturated heterocycles. The van der Waals surface area contributed by atoms with Crippen molar-refractivity contribution in [3.63, 3.8) is 0 Å². The van der Waals surface area contributed by atoms with Crippen LogP contribution in [0.4, 0.5) is 0 Å². The summed E-state index contributed by atoms with van der Waals surface area (Å²) in [5.74, 6) is 11.7. The molecule has 0 unspecified atom stereocenters. The number of benzene rings is 4. The van der Waals surface area contributed by atoms with Crippen LogP contribution in [0.5, 0.6) is 51.7 Å². The maximum absolute atomic E-state index is 7.82. The quantitative estimate of drug-likeness (QED) is 0.163. The van der Waals surface area contributed by atoms with Crippen LogP contribution in [0, 0.1) is 56.3 Å². The highest BCUT2D eigenvalue weighted by Crippen LogP contribution is 2.71. The second-order valence-corrected chi connectivity index (χ2v) is 39.5. The van der Waals surface area contributed by atoms with Gasteiger partial charge in [-0.2, -0.15) is 0 Å². The predicted molar refractivity (Wildman–Crippen MR) is 397 cm³/mol. The number of hydrogen-bond donors (Lipinski definition) is 0. The third-order valence-corrected chi connectivity index (χ3v) is 32.5. The van der Waals surface area contributed by atoms with Crippen LogP contribution in [0.1, 0.15) is 345 Å². The van der Waals surface area contributed by atoms with Gasteiger partial charge < -0.3 is 42.6 Å². The van der Waals surface area contributed by atoms with E-state index in [1.165, 1.54) is 33.4 Å². The van der Waals surface area contributed by atoms with Crippen molar-refractivity contribution >= 4 is 0 Å². The maximum atomic E-state index is 7.82. The van der Waals surface area contributed by atoms with E-state index in [2.05, 4.69) is 164 Å². The Morgan fingerprint density at radius 2 is 0.404 bits per heavy atom. The van der Waals surface area contributed by atoms with Gasteiger partial charge in [0.05, 0.1) is 0 Å². The lowest BCUT2D eigenvalue weighted by Crippen LogP contribution is -2.51. The number of ether oxygens (including phenoxy) is 9. The third-order valence-electron chi connectivity index (χ3n) is 32.5. The molecule has 0 radical (unpaired) electrons. The van der Waals surface area contributed by atoms with Gasteiger partial charge in [-0.05, 0) is 262 Å². The van der Waals surface area contributed by atoms with Crippen LogP contribution >= 0.6 is 0 Å². The van der Waals surface area contributed by atoms with Gasteiger partial charge in [0.2, 0.25) is 17.2 Å². The van der Waals surface area contributed by atoms with E-state index < -0.39 is 0 Å². The molecule has 0 atom stereocenters. The predicted octanol–water partition coefficient (Wildman–Crippen LogP) is 23.1. The van der Waals surface area contributed by atoms with E-state index in [1.807, 2.05) is 0 Å². The molecule has 0 aromatic heterocycles. The average Bonchev–Trinajstić information content (AvgIpc) is 1.54. The molecular weight excluding hydrogens is 1220 g/mol. The summed E-state index contributed by atoms with van der Waals surface area (Å²) in [4.78, 5) is 0. The van der Waals surface area contributed by atoms with Crippen molar-refractivity contribution in [1.82, 2.24) is 0 Å². The molecular formula is C90H126O9. The highest BCUT2D eigenvalue weighted by molar-refractivity contribution is 5.72. The van der Waals surface area contributed by atoms with Crippen LogP contribution < -0.4 is 42.6 Å². The number of hydrogen-bond acceptors (Lipinski definition) is 9. The zero-order valence-electron chi connectivity index (χ0n) is 65.5. The standard InChI is InChI=1S/C90H126O9/c1-52-22-34-85(35-23-52)79(10,11)64-46-65-71(95-86(80(65,12)13)36-24-53(2)25-37-86)76(70(64)94-85)91-49-61-58(7)62(50-92-77-72-66(81(14,15)87(96-72)38-26-54(3)27-39-87)47-67-73(77)97-88(82(67,16)17)40-28-55(4)29-41-88)60(9)63(59(61)8)51-93-78-74-68(83(18,19)89(98-74)42-30-56(5)31-43-89)48-69-75(78)99-90(84(69,20)21)44-32-57(6)33-45-90/h46-48,52-57H,22-45,49-51H2,1-21H3. The largest absolute Gasteiger partial charge is 0.482 e.